The van der Waals surface area contributed by atoms with E-state index in [9.17, 15) is 14.4 Å². The SMILES string of the molecule is COCc1c(Br)c(C)nc(OCC(=O)N/N=C/c2cc(OC)c(OCc3ccccc3F)cc2Br)c1C#N. The fourth-order valence-electron chi connectivity index (χ4n) is 3.25. The van der Waals surface area contributed by atoms with Gasteiger partial charge in [0.05, 0.1) is 25.6 Å². The van der Waals surface area contributed by atoms with Crippen LogP contribution in [0.15, 0.2) is 50.4 Å². The van der Waals surface area contributed by atoms with Crippen molar-refractivity contribution in [2.75, 3.05) is 20.8 Å². The van der Waals surface area contributed by atoms with E-state index in [1.807, 2.05) is 6.07 Å². The monoisotopic (exact) mass is 648 g/mol. The maximum Gasteiger partial charge on any atom is 0.278 e. The number of carbonyl (C=O) groups is 1. The Labute approximate surface area is 235 Å². The van der Waals surface area contributed by atoms with Gasteiger partial charge in [-0.2, -0.15) is 10.4 Å². The number of halogens is 3. The third kappa shape index (κ3) is 7.28. The van der Waals surface area contributed by atoms with Crippen LogP contribution in [0, 0.1) is 24.1 Å². The predicted molar refractivity (Wildman–Crippen MR) is 145 cm³/mol. The molecule has 1 amide bonds. The van der Waals surface area contributed by atoms with E-state index < -0.39 is 12.5 Å². The fourth-order valence-corrected chi connectivity index (χ4v) is 4.07. The molecule has 0 aliphatic rings. The summed E-state index contributed by atoms with van der Waals surface area (Å²) in [4.78, 5) is 16.5. The van der Waals surface area contributed by atoms with Crippen molar-refractivity contribution in [1.29, 1.82) is 5.26 Å². The Morgan fingerprint density at radius 2 is 1.95 bits per heavy atom. The van der Waals surface area contributed by atoms with Crippen LogP contribution in [0.5, 0.6) is 17.4 Å². The highest BCUT2D eigenvalue weighted by molar-refractivity contribution is 9.10. The summed E-state index contributed by atoms with van der Waals surface area (Å²) < 4.78 is 36.9. The number of nitrogens with zero attached hydrogens (tertiary/aromatic N) is 3. The highest BCUT2D eigenvalue weighted by atomic mass is 79.9. The van der Waals surface area contributed by atoms with Crippen LogP contribution in [0.2, 0.25) is 0 Å². The Bertz CT molecular complexity index is 1400. The number of hydrogen-bond acceptors (Lipinski definition) is 8. The molecule has 0 saturated heterocycles. The zero-order valence-electron chi connectivity index (χ0n) is 20.7. The number of nitriles is 1. The third-order valence-electron chi connectivity index (χ3n) is 5.12. The Morgan fingerprint density at radius 1 is 1.18 bits per heavy atom. The van der Waals surface area contributed by atoms with Crippen molar-refractivity contribution in [3.05, 3.63) is 79.1 Å². The number of nitrogens with one attached hydrogen (secondary N) is 1. The Morgan fingerprint density at radius 3 is 2.63 bits per heavy atom. The highest BCUT2D eigenvalue weighted by Gasteiger charge is 2.18. The minimum Gasteiger partial charge on any atom is -0.493 e. The third-order valence-corrected chi connectivity index (χ3v) is 6.86. The topological polar surface area (TPSA) is 115 Å². The lowest BCUT2D eigenvalue weighted by Gasteiger charge is -2.13. The number of pyridine rings is 1. The van der Waals surface area contributed by atoms with Crippen LogP contribution in [0.1, 0.15) is 27.9 Å². The minimum absolute atomic E-state index is 0.0200. The normalized spacial score (nSPS) is 10.8. The summed E-state index contributed by atoms with van der Waals surface area (Å²) >= 11 is 6.84. The number of amides is 1. The molecular weight excluding hydrogens is 627 g/mol. The van der Waals surface area contributed by atoms with Gasteiger partial charge in [-0.25, -0.2) is 14.8 Å². The van der Waals surface area contributed by atoms with Gasteiger partial charge in [-0.15, -0.1) is 0 Å². The van der Waals surface area contributed by atoms with Crippen molar-refractivity contribution in [3.63, 3.8) is 0 Å². The van der Waals surface area contributed by atoms with Gasteiger partial charge in [-0.3, -0.25) is 4.79 Å². The predicted octanol–water partition coefficient (Wildman–Crippen LogP) is 5.19. The lowest BCUT2D eigenvalue weighted by molar-refractivity contribution is -0.123. The van der Waals surface area contributed by atoms with Gasteiger partial charge >= 0.3 is 0 Å². The second kappa shape index (κ2) is 13.9. The van der Waals surface area contributed by atoms with Crippen molar-refractivity contribution in [2.24, 2.45) is 5.10 Å². The van der Waals surface area contributed by atoms with Gasteiger partial charge < -0.3 is 18.9 Å². The molecule has 198 valence electrons. The molecule has 0 spiro atoms. The van der Waals surface area contributed by atoms with Crippen molar-refractivity contribution >= 4 is 44.0 Å². The molecule has 9 nitrogen and oxygen atoms in total. The average Bonchev–Trinajstić information content (AvgIpc) is 2.90. The number of carbonyl (C=O) groups excluding carboxylic acids is 1. The standard InChI is InChI=1S/C26H23Br2FN4O5/c1-15-25(28)19(13-35-2)18(10-30)26(32-15)38-14-24(34)33-31-11-17-8-22(36-3)23(9-20(17)27)37-12-16-6-4-5-7-21(16)29/h4-9,11H,12-14H2,1-3H3,(H,33,34)/b31-11+. The molecule has 0 bridgehead atoms. The van der Waals surface area contributed by atoms with Gasteiger partial charge in [0.1, 0.15) is 24.1 Å². The van der Waals surface area contributed by atoms with Crippen LogP contribution in [-0.2, 0) is 22.7 Å². The Hall–Kier alpha value is -3.53. The van der Waals surface area contributed by atoms with Gasteiger partial charge in [0.15, 0.2) is 18.1 Å². The number of hydrogen-bond donors (Lipinski definition) is 1. The smallest absolute Gasteiger partial charge is 0.278 e. The Balaban J connectivity index is 1.64. The molecule has 12 heteroatoms. The summed E-state index contributed by atoms with van der Waals surface area (Å²) in [6.07, 6.45) is 1.41. The van der Waals surface area contributed by atoms with E-state index in [0.29, 0.717) is 42.8 Å². The van der Waals surface area contributed by atoms with E-state index in [1.54, 1.807) is 37.3 Å². The Kier molecular flexibility index (Phi) is 10.6. The molecule has 0 aliphatic heterocycles. The second-order valence-electron chi connectivity index (χ2n) is 7.70. The largest absolute Gasteiger partial charge is 0.493 e. The number of rotatable bonds is 11. The minimum atomic E-state index is -0.561. The molecule has 0 unspecified atom stereocenters. The van der Waals surface area contributed by atoms with Crippen LogP contribution in [0.3, 0.4) is 0 Å². The van der Waals surface area contributed by atoms with E-state index >= 15 is 0 Å². The summed E-state index contributed by atoms with van der Waals surface area (Å²) in [6.45, 7) is 1.51. The average molecular weight is 650 g/mol. The lowest BCUT2D eigenvalue weighted by Crippen LogP contribution is -2.25. The number of ether oxygens (including phenoxy) is 4. The van der Waals surface area contributed by atoms with Gasteiger partial charge in [-0.1, -0.05) is 18.2 Å². The van der Waals surface area contributed by atoms with Crippen molar-refractivity contribution < 1.29 is 28.1 Å². The van der Waals surface area contributed by atoms with Gasteiger partial charge in [-0.05, 0) is 57.0 Å². The van der Waals surface area contributed by atoms with Gasteiger partial charge in [0.25, 0.3) is 5.91 Å². The highest BCUT2D eigenvalue weighted by Crippen LogP contribution is 2.34. The quantitative estimate of drug-likeness (QED) is 0.225. The molecule has 1 N–H and O–H groups in total. The molecule has 3 rings (SSSR count). The van der Waals surface area contributed by atoms with Crippen LogP contribution < -0.4 is 19.6 Å². The molecule has 0 atom stereocenters. The number of aryl methyl sites for hydroxylation is 1. The molecular formula is C26H23Br2FN4O5. The first kappa shape index (κ1) is 29.0. The number of benzene rings is 2. The zero-order valence-corrected chi connectivity index (χ0v) is 23.9. The van der Waals surface area contributed by atoms with Gasteiger partial charge in [0, 0.05) is 32.7 Å². The van der Waals surface area contributed by atoms with Crippen LogP contribution in [-0.4, -0.2) is 37.9 Å². The van der Waals surface area contributed by atoms with Crippen LogP contribution >= 0.6 is 31.9 Å². The summed E-state index contributed by atoms with van der Waals surface area (Å²) in [5, 5.41) is 13.5. The van der Waals surface area contributed by atoms with E-state index in [2.05, 4.69) is 47.4 Å². The van der Waals surface area contributed by atoms with Crippen molar-refractivity contribution in [2.45, 2.75) is 20.1 Å². The van der Waals surface area contributed by atoms with E-state index in [0.717, 1.165) is 0 Å². The van der Waals surface area contributed by atoms with Crippen molar-refractivity contribution in [1.82, 2.24) is 10.4 Å². The van der Waals surface area contributed by atoms with Crippen LogP contribution in [0.25, 0.3) is 0 Å². The molecule has 0 saturated carbocycles. The first-order chi connectivity index (χ1) is 18.3. The van der Waals surface area contributed by atoms with E-state index in [-0.39, 0.29) is 30.5 Å². The summed E-state index contributed by atoms with van der Waals surface area (Å²) in [5.41, 5.74) is 4.70. The number of methoxy groups -OCH3 is 2. The molecule has 3 aromatic rings. The zero-order chi connectivity index (χ0) is 27.7. The molecule has 2 aromatic carbocycles. The molecule has 0 fully saturated rings. The fraction of sp³-hybridized carbons (Fsp3) is 0.231. The van der Waals surface area contributed by atoms with E-state index in [4.69, 9.17) is 18.9 Å². The van der Waals surface area contributed by atoms with Crippen LogP contribution in [0.4, 0.5) is 4.39 Å². The molecule has 1 heterocycles. The lowest BCUT2D eigenvalue weighted by atomic mass is 10.1. The summed E-state index contributed by atoms with van der Waals surface area (Å²) in [7, 11) is 2.99. The maximum atomic E-state index is 13.9. The second-order valence-corrected chi connectivity index (χ2v) is 9.35. The first-order valence-electron chi connectivity index (χ1n) is 11.0. The molecule has 38 heavy (non-hydrogen) atoms. The maximum absolute atomic E-state index is 13.9. The molecule has 1 aromatic heterocycles. The summed E-state index contributed by atoms with van der Waals surface area (Å²) in [5.74, 6) is -0.102. The number of hydrazone groups is 1. The van der Waals surface area contributed by atoms with Gasteiger partial charge in [0.2, 0.25) is 5.88 Å². The molecule has 0 aliphatic carbocycles. The van der Waals surface area contributed by atoms with E-state index in [1.165, 1.54) is 26.5 Å². The number of aromatic nitrogens is 1. The first-order valence-corrected chi connectivity index (χ1v) is 12.6. The van der Waals surface area contributed by atoms with Crippen molar-refractivity contribution in [3.8, 4) is 23.4 Å². The molecule has 0 radical (unpaired) electrons. The summed E-state index contributed by atoms with van der Waals surface area (Å²) in [6, 6.07) is 11.7.